The fraction of sp³-hybridized carbons (Fsp3) is 0.524. The van der Waals surface area contributed by atoms with Crippen molar-refractivity contribution in [1.29, 1.82) is 0 Å². The lowest BCUT2D eigenvalue weighted by atomic mass is 9.89. The normalized spacial score (nSPS) is 20.6. The highest BCUT2D eigenvalue weighted by atomic mass is 32.1. The van der Waals surface area contributed by atoms with Crippen LogP contribution in [0.1, 0.15) is 60.6 Å². The smallest absolute Gasteiger partial charge is 0.229 e. The van der Waals surface area contributed by atoms with Crippen LogP contribution in [0, 0.1) is 19.8 Å². The first-order valence-electron chi connectivity index (χ1n) is 10.0. The quantitative estimate of drug-likeness (QED) is 0.838. The Morgan fingerprint density at radius 2 is 1.93 bits per heavy atom. The molecule has 1 N–H and O–H groups in total. The van der Waals surface area contributed by atoms with Gasteiger partial charge in [0.15, 0.2) is 0 Å². The molecule has 2 amide bonds. The van der Waals surface area contributed by atoms with Gasteiger partial charge in [0.05, 0.1) is 0 Å². The van der Waals surface area contributed by atoms with Gasteiger partial charge in [0.1, 0.15) is 5.01 Å². The fourth-order valence-electron chi connectivity index (χ4n) is 4.04. The SMILES string of the molecule is Cc1ccc(N2CC(c3nnc(NC(=O)C4CCCCC4)s3)CC2=O)cc1C. The lowest BCUT2D eigenvalue weighted by molar-refractivity contribution is -0.120. The number of benzene rings is 1. The molecule has 2 heterocycles. The average molecular weight is 399 g/mol. The zero-order valence-corrected chi connectivity index (χ0v) is 17.2. The van der Waals surface area contributed by atoms with Crippen molar-refractivity contribution in [2.45, 2.75) is 58.3 Å². The number of carbonyl (C=O) groups is 2. The first-order valence-corrected chi connectivity index (χ1v) is 10.8. The van der Waals surface area contributed by atoms with Gasteiger partial charge in [-0.2, -0.15) is 0 Å². The number of carbonyl (C=O) groups excluding carboxylic acids is 2. The van der Waals surface area contributed by atoms with E-state index in [1.807, 2.05) is 11.0 Å². The highest BCUT2D eigenvalue weighted by Crippen LogP contribution is 2.35. The molecule has 0 radical (unpaired) electrons. The van der Waals surface area contributed by atoms with Crippen LogP contribution < -0.4 is 10.2 Å². The predicted octanol–water partition coefficient (Wildman–Crippen LogP) is 4.19. The molecule has 1 atom stereocenters. The van der Waals surface area contributed by atoms with Crippen molar-refractivity contribution in [2.24, 2.45) is 5.92 Å². The van der Waals surface area contributed by atoms with E-state index >= 15 is 0 Å². The van der Waals surface area contributed by atoms with Gasteiger partial charge in [0.2, 0.25) is 16.9 Å². The Labute approximate surface area is 169 Å². The summed E-state index contributed by atoms with van der Waals surface area (Å²) in [4.78, 5) is 26.8. The van der Waals surface area contributed by atoms with Crippen molar-refractivity contribution in [3.8, 4) is 0 Å². The summed E-state index contributed by atoms with van der Waals surface area (Å²) in [6, 6.07) is 6.11. The summed E-state index contributed by atoms with van der Waals surface area (Å²) in [5.41, 5.74) is 3.33. The molecule has 1 aliphatic heterocycles. The lowest BCUT2D eigenvalue weighted by Crippen LogP contribution is -2.24. The number of aryl methyl sites for hydroxylation is 2. The van der Waals surface area contributed by atoms with E-state index < -0.39 is 0 Å². The van der Waals surface area contributed by atoms with Gasteiger partial charge < -0.3 is 10.2 Å². The van der Waals surface area contributed by atoms with Gasteiger partial charge in [0, 0.05) is 30.5 Å². The number of anilines is 2. The van der Waals surface area contributed by atoms with Gasteiger partial charge in [0.25, 0.3) is 0 Å². The van der Waals surface area contributed by atoms with Crippen molar-refractivity contribution in [3.05, 3.63) is 34.3 Å². The van der Waals surface area contributed by atoms with Crippen LogP contribution in [-0.2, 0) is 9.59 Å². The Morgan fingerprint density at radius 3 is 2.68 bits per heavy atom. The largest absolute Gasteiger partial charge is 0.312 e. The monoisotopic (exact) mass is 398 g/mol. The van der Waals surface area contributed by atoms with Crippen LogP contribution in [0.2, 0.25) is 0 Å². The number of aromatic nitrogens is 2. The maximum atomic E-state index is 12.6. The van der Waals surface area contributed by atoms with Gasteiger partial charge in [-0.3, -0.25) is 9.59 Å². The van der Waals surface area contributed by atoms with Crippen LogP contribution in [0.25, 0.3) is 0 Å². The van der Waals surface area contributed by atoms with Crippen LogP contribution in [-0.4, -0.2) is 28.6 Å². The molecular formula is C21H26N4O2S. The highest BCUT2D eigenvalue weighted by molar-refractivity contribution is 7.15. The minimum atomic E-state index is 0.0203. The van der Waals surface area contributed by atoms with Crippen LogP contribution in [0.5, 0.6) is 0 Å². The van der Waals surface area contributed by atoms with Crippen molar-refractivity contribution < 1.29 is 9.59 Å². The molecule has 1 aromatic heterocycles. The molecule has 4 rings (SSSR count). The summed E-state index contributed by atoms with van der Waals surface area (Å²) in [5, 5.41) is 12.7. The van der Waals surface area contributed by atoms with Gasteiger partial charge in [-0.05, 0) is 49.9 Å². The average Bonchev–Trinajstić information content (AvgIpc) is 3.31. The van der Waals surface area contributed by atoms with Crippen LogP contribution in [0.4, 0.5) is 10.8 Å². The summed E-state index contributed by atoms with van der Waals surface area (Å²) < 4.78 is 0. The fourth-order valence-corrected chi connectivity index (χ4v) is 4.88. The third-order valence-corrected chi connectivity index (χ3v) is 6.92. The summed E-state index contributed by atoms with van der Waals surface area (Å²) in [5.74, 6) is 0.277. The Balaban J connectivity index is 1.42. The number of nitrogens with zero attached hydrogens (tertiary/aromatic N) is 3. The topological polar surface area (TPSA) is 75.2 Å². The minimum Gasteiger partial charge on any atom is -0.312 e. The molecule has 1 saturated heterocycles. The summed E-state index contributed by atoms with van der Waals surface area (Å²) >= 11 is 1.39. The van der Waals surface area contributed by atoms with Gasteiger partial charge >= 0.3 is 0 Å². The lowest BCUT2D eigenvalue weighted by Gasteiger charge is -2.19. The molecule has 0 bridgehead atoms. The highest BCUT2D eigenvalue weighted by Gasteiger charge is 2.34. The number of nitrogens with one attached hydrogen (secondary N) is 1. The van der Waals surface area contributed by atoms with Crippen molar-refractivity contribution in [1.82, 2.24) is 10.2 Å². The Morgan fingerprint density at radius 1 is 1.14 bits per heavy atom. The third kappa shape index (κ3) is 3.94. The number of hydrogen-bond acceptors (Lipinski definition) is 5. The van der Waals surface area contributed by atoms with Crippen LogP contribution in [0.3, 0.4) is 0 Å². The van der Waals surface area contributed by atoms with Crippen molar-refractivity contribution in [2.75, 3.05) is 16.8 Å². The minimum absolute atomic E-state index is 0.0203. The Hall–Kier alpha value is -2.28. The van der Waals surface area contributed by atoms with E-state index in [9.17, 15) is 9.59 Å². The summed E-state index contributed by atoms with van der Waals surface area (Å²) in [6.45, 7) is 4.73. The summed E-state index contributed by atoms with van der Waals surface area (Å²) in [7, 11) is 0. The second kappa shape index (κ2) is 7.99. The number of rotatable bonds is 4. The maximum absolute atomic E-state index is 12.6. The molecule has 1 aromatic carbocycles. The summed E-state index contributed by atoms with van der Waals surface area (Å²) in [6.07, 6.45) is 5.81. The molecular weight excluding hydrogens is 372 g/mol. The van der Waals surface area contributed by atoms with E-state index in [-0.39, 0.29) is 23.7 Å². The molecule has 1 saturated carbocycles. The second-order valence-corrected chi connectivity index (χ2v) is 8.95. The molecule has 148 valence electrons. The first kappa shape index (κ1) is 19.1. The van der Waals surface area contributed by atoms with Crippen LogP contribution >= 0.6 is 11.3 Å². The van der Waals surface area contributed by atoms with E-state index in [1.165, 1.54) is 28.9 Å². The molecule has 1 aliphatic carbocycles. The Kier molecular flexibility index (Phi) is 5.44. The molecule has 0 spiro atoms. The van der Waals surface area contributed by atoms with E-state index in [4.69, 9.17) is 0 Å². The third-order valence-electron chi connectivity index (χ3n) is 5.92. The molecule has 2 aromatic rings. The standard InChI is InChI=1S/C21H26N4O2S/c1-13-8-9-17(10-14(13)2)25-12-16(11-18(25)26)20-23-24-21(28-20)22-19(27)15-6-4-3-5-7-15/h8-10,15-16H,3-7,11-12H2,1-2H3,(H,22,24,27). The number of hydrogen-bond donors (Lipinski definition) is 1. The zero-order valence-electron chi connectivity index (χ0n) is 16.4. The van der Waals surface area contributed by atoms with E-state index in [0.29, 0.717) is 18.1 Å². The molecule has 2 aliphatic rings. The predicted molar refractivity (Wildman–Crippen MR) is 111 cm³/mol. The Bertz CT molecular complexity index is 888. The van der Waals surface area contributed by atoms with Gasteiger partial charge in [-0.1, -0.05) is 36.7 Å². The van der Waals surface area contributed by atoms with E-state index in [0.717, 1.165) is 36.4 Å². The van der Waals surface area contributed by atoms with Gasteiger partial charge in [-0.25, -0.2) is 0 Å². The zero-order chi connectivity index (χ0) is 19.7. The van der Waals surface area contributed by atoms with Crippen LogP contribution in [0.15, 0.2) is 18.2 Å². The van der Waals surface area contributed by atoms with E-state index in [2.05, 4.69) is 41.5 Å². The molecule has 2 fully saturated rings. The molecule has 6 nitrogen and oxygen atoms in total. The molecule has 1 unspecified atom stereocenters. The molecule has 28 heavy (non-hydrogen) atoms. The van der Waals surface area contributed by atoms with Gasteiger partial charge in [-0.15, -0.1) is 10.2 Å². The maximum Gasteiger partial charge on any atom is 0.229 e. The second-order valence-electron chi connectivity index (χ2n) is 7.94. The first-order chi connectivity index (χ1) is 13.5. The number of amides is 2. The van der Waals surface area contributed by atoms with E-state index in [1.54, 1.807) is 0 Å². The van der Waals surface area contributed by atoms with Crippen molar-refractivity contribution >= 4 is 34.0 Å². The molecule has 7 heteroatoms. The van der Waals surface area contributed by atoms with Crippen molar-refractivity contribution in [3.63, 3.8) is 0 Å².